The van der Waals surface area contributed by atoms with Crippen LogP contribution in [-0.4, -0.2) is 43.4 Å². The minimum absolute atomic E-state index is 0.377. The molecule has 0 aliphatic rings. The number of hydrogen-bond donors (Lipinski definition) is 2. The topological polar surface area (TPSA) is 86.7 Å². The van der Waals surface area contributed by atoms with E-state index in [1.165, 1.54) is 7.05 Å². The Labute approximate surface area is 110 Å². The molecule has 0 aromatic rings. The predicted molar refractivity (Wildman–Crippen MR) is 70.5 cm³/mol. The van der Waals surface area contributed by atoms with Crippen molar-refractivity contribution in [2.45, 2.75) is 46.6 Å². The fourth-order valence-electron chi connectivity index (χ4n) is 1.34. The zero-order valence-electron chi connectivity index (χ0n) is 11.7. The first-order chi connectivity index (χ1) is 8.02. The van der Waals surface area contributed by atoms with Gasteiger partial charge in [-0.15, -0.1) is 0 Å². The van der Waals surface area contributed by atoms with Crippen molar-refractivity contribution >= 4 is 16.2 Å². The van der Waals surface area contributed by atoms with E-state index in [1.807, 2.05) is 6.92 Å². The molecule has 18 heavy (non-hydrogen) atoms. The number of aliphatic carboxylic acids is 1. The van der Waals surface area contributed by atoms with E-state index in [4.69, 9.17) is 5.11 Å². The molecule has 2 N–H and O–H groups in total. The normalized spacial score (nSPS) is 14.8. The second kappa shape index (κ2) is 6.49. The van der Waals surface area contributed by atoms with E-state index in [0.717, 1.165) is 17.1 Å². The number of rotatable bonds is 7. The van der Waals surface area contributed by atoms with Gasteiger partial charge < -0.3 is 5.11 Å². The van der Waals surface area contributed by atoms with Crippen LogP contribution in [0.25, 0.3) is 0 Å². The molecule has 108 valence electrons. The molecule has 0 aliphatic carbocycles. The van der Waals surface area contributed by atoms with Crippen LogP contribution in [0.2, 0.25) is 0 Å². The first-order valence-electron chi connectivity index (χ1n) is 5.98. The minimum atomic E-state index is -3.76. The summed E-state index contributed by atoms with van der Waals surface area (Å²) < 4.78 is 27.3. The summed E-state index contributed by atoms with van der Waals surface area (Å²) in [6.07, 6.45) is 1.62. The standard InChI is InChI=1S/C11H24N2O4S/c1-6-7-8-13(5)18(16,17)12-9(10(14)15)11(2,3)4/h9,12H,6-8H2,1-5H3,(H,14,15)/t9-/m1/s1. The Morgan fingerprint density at radius 1 is 1.39 bits per heavy atom. The fraction of sp³-hybridized carbons (Fsp3) is 0.909. The molecule has 0 rings (SSSR count). The van der Waals surface area contributed by atoms with Gasteiger partial charge in [-0.2, -0.15) is 17.4 Å². The van der Waals surface area contributed by atoms with E-state index < -0.39 is 27.6 Å². The SMILES string of the molecule is CCCCN(C)S(=O)(=O)N[C@H](C(=O)O)C(C)(C)C. The second-order valence-electron chi connectivity index (χ2n) is 5.44. The lowest BCUT2D eigenvalue weighted by Crippen LogP contribution is -2.52. The molecule has 0 unspecified atom stereocenters. The molecule has 0 aromatic heterocycles. The molecule has 0 radical (unpaired) electrons. The van der Waals surface area contributed by atoms with Gasteiger partial charge in [0.15, 0.2) is 0 Å². The lowest BCUT2D eigenvalue weighted by atomic mass is 9.88. The highest BCUT2D eigenvalue weighted by Crippen LogP contribution is 2.20. The van der Waals surface area contributed by atoms with E-state index >= 15 is 0 Å². The summed E-state index contributed by atoms with van der Waals surface area (Å²) in [7, 11) is -2.31. The summed E-state index contributed by atoms with van der Waals surface area (Å²) in [5.74, 6) is -1.17. The molecular formula is C11H24N2O4S. The first kappa shape index (κ1) is 17.3. The molecule has 0 amide bonds. The molecule has 0 aliphatic heterocycles. The molecule has 1 atom stereocenters. The number of nitrogens with zero attached hydrogens (tertiary/aromatic N) is 1. The molecule has 0 bridgehead atoms. The molecule has 0 spiro atoms. The summed E-state index contributed by atoms with van der Waals surface area (Å²) in [5.41, 5.74) is -0.690. The molecule has 0 fully saturated rings. The van der Waals surface area contributed by atoms with Crippen LogP contribution in [0.15, 0.2) is 0 Å². The third-order valence-electron chi connectivity index (χ3n) is 2.62. The Kier molecular flexibility index (Phi) is 6.25. The number of hydrogen-bond acceptors (Lipinski definition) is 3. The average molecular weight is 280 g/mol. The van der Waals surface area contributed by atoms with Crippen LogP contribution in [-0.2, 0) is 15.0 Å². The Balaban J connectivity index is 4.88. The van der Waals surface area contributed by atoms with Crippen LogP contribution in [0.1, 0.15) is 40.5 Å². The number of carbonyl (C=O) groups is 1. The maximum atomic E-state index is 11.9. The minimum Gasteiger partial charge on any atom is -0.480 e. The van der Waals surface area contributed by atoms with Gasteiger partial charge in [-0.05, 0) is 11.8 Å². The van der Waals surface area contributed by atoms with Gasteiger partial charge in [-0.3, -0.25) is 4.79 Å². The smallest absolute Gasteiger partial charge is 0.322 e. The van der Waals surface area contributed by atoms with Crippen molar-refractivity contribution in [2.24, 2.45) is 5.41 Å². The Morgan fingerprint density at radius 2 is 1.89 bits per heavy atom. The summed E-state index contributed by atoms with van der Waals surface area (Å²) in [6, 6.07) is -1.15. The van der Waals surface area contributed by atoms with Crippen LogP contribution in [0.5, 0.6) is 0 Å². The lowest BCUT2D eigenvalue weighted by Gasteiger charge is -2.29. The van der Waals surface area contributed by atoms with Crippen LogP contribution < -0.4 is 4.72 Å². The molecule has 0 saturated carbocycles. The lowest BCUT2D eigenvalue weighted by molar-refractivity contribution is -0.141. The van der Waals surface area contributed by atoms with E-state index in [1.54, 1.807) is 20.8 Å². The van der Waals surface area contributed by atoms with Crippen molar-refractivity contribution in [3.63, 3.8) is 0 Å². The average Bonchev–Trinajstić information content (AvgIpc) is 2.20. The summed E-state index contributed by atoms with van der Waals surface area (Å²) >= 11 is 0. The molecule has 0 aromatic carbocycles. The van der Waals surface area contributed by atoms with Crippen LogP contribution >= 0.6 is 0 Å². The molecule has 0 heterocycles. The maximum Gasteiger partial charge on any atom is 0.322 e. The highest BCUT2D eigenvalue weighted by molar-refractivity contribution is 7.87. The van der Waals surface area contributed by atoms with Crippen molar-refractivity contribution in [1.82, 2.24) is 9.03 Å². The van der Waals surface area contributed by atoms with Gasteiger partial charge in [0.2, 0.25) is 0 Å². The van der Waals surface area contributed by atoms with Crippen molar-refractivity contribution in [2.75, 3.05) is 13.6 Å². The van der Waals surface area contributed by atoms with Gasteiger partial charge in [0.1, 0.15) is 6.04 Å². The molecule has 0 saturated heterocycles. The van der Waals surface area contributed by atoms with E-state index in [9.17, 15) is 13.2 Å². The zero-order valence-corrected chi connectivity index (χ0v) is 12.5. The predicted octanol–water partition coefficient (Wildman–Crippen LogP) is 1.05. The summed E-state index contributed by atoms with van der Waals surface area (Å²) in [6.45, 7) is 7.38. The van der Waals surface area contributed by atoms with Crippen molar-refractivity contribution in [3.05, 3.63) is 0 Å². The Bertz CT molecular complexity index is 373. The second-order valence-corrected chi connectivity index (χ2v) is 7.24. The molecule has 7 heteroatoms. The highest BCUT2D eigenvalue weighted by atomic mass is 32.2. The quantitative estimate of drug-likeness (QED) is 0.730. The van der Waals surface area contributed by atoms with Crippen molar-refractivity contribution in [3.8, 4) is 0 Å². The third kappa shape index (κ3) is 5.32. The number of carboxylic acids is 1. The fourth-order valence-corrected chi connectivity index (χ4v) is 2.64. The Hall–Kier alpha value is -0.660. The van der Waals surface area contributed by atoms with Gasteiger partial charge >= 0.3 is 5.97 Å². The van der Waals surface area contributed by atoms with E-state index in [-0.39, 0.29) is 0 Å². The van der Waals surface area contributed by atoms with Crippen LogP contribution in [0.3, 0.4) is 0 Å². The number of nitrogens with one attached hydrogen (secondary N) is 1. The highest BCUT2D eigenvalue weighted by Gasteiger charge is 2.35. The molecular weight excluding hydrogens is 256 g/mol. The van der Waals surface area contributed by atoms with Gasteiger partial charge in [-0.1, -0.05) is 34.1 Å². The van der Waals surface area contributed by atoms with Gasteiger partial charge in [0.05, 0.1) is 0 Å². The van der Waals surface area contributed by atoms with Crippen molar-refractivity contribution < 1.29 is 18.3 Å². The zero-order chi connectivity index (χ0) is 14.6. The Morgan fingerprint density at radius 3 is 2.22 bits per heavy atom. The van der Waals surface area contributed by atoms with Crippen LogP contribution in [0, 0.1) is 5.41 Å². The largest absolute Gasteiger partial charge is 0.480 e. The molecule has 6 nitrogen and oxygen atoms in total. The third-order valence-corrected chi connectivity index (χ3v) is 4.15. The summed E-state index contributed by atoms with van der Waals surface area (Å²) in [4.78, 5) is 11.1. The first-order valence-corrected chi connectivity index (χ1v) is 7.42. The maximum absolute atomic E-state index is 11.9. The van der Waals surface area contributed by atoms with Gasteiger partial charge in [0.25, 0.3) is 10.2 Å². The number of carboxylic acid groups (broad SMARTS) is 1. The van der Waals surface area contributed by atoms with Gasteiger partial charge in [-0.25, -0.2) is 0 Å². The summed E-state index contributed by atoms with van der Waals surface area (Å²) in [5, 5.41) is 9.08. The monoisotopic (exact) mass is 280 g/mol. The number of unbranched alkanes of at least 4 members (excludes halogenated alkanes) is 1. The van der Waals surface area contributed by atoms with Gasteiger partial charge in [0, 0.05) is 13.6 Å². The van der Waals surface area contributed by atoms with Crippen LogP contribution in [0.4, 0.5) is 0 Å². The van der Waals surface area contributed by atoms with E-state index in [0.29, 0.717) is 6.54 Å². The van der Waals surface area contributed by atoms with E-state index in [2.05, 4.69) is 4.72 Å². The van der Waals surface area contributed by atoms with Crippen molar-refractivity contribution in [1.29, 1.82) is 0 Å².